The maximum absolute atomic E-state index is 12.1. The number of aryl methyl sites for hydroxylation is 8. The number of aromatic carboxylic acids is 8. The van der Waals surface area contributed by atoms with Gasteiger partial charge in [-0.2, -0.15) is 0 Å². The molecule has 0 bridgehead atoms. The third-order valence-electron chi connectivity index (χ3n) is 30.1. The van der Waals surface area contributed by atoms with Crippen LogP contribution in [-0.4, -0.2) is 47.8 Å². The molecule has 11 aromatic rings. The first-order valence-electron chi connectivity index (χ1n) is 41.6. The highest BCUT2D eigenvalue weighted by Gasteiger charge is 2.44. The van der Waals surface area contributed by atoms with Gasteiger partial charge in [0.1, 0.15) is 0 Å². The summed E-state index contributed by atoms with van der Waals surface area (Å²) >= 11 is 0. The Kier molecular flexibility index (Phi) is 24.7. The first-order valence-corrected chi connectivity index (χ1v) is 41.6. The minimum absolute atomic E-state index is 0.0643. The summed E-state index contributed by atoms with van der Waals surface area (Å²) in [7, 11) is 0. The van der Waals surface area contributed by atoms with Crippen LogP contribution in [0, 0.1) is 222 Å². The van der Waals surface area contributed by atoms with E-state index in [2.05, 4.69) is 55.4 Å². The van der Waals surface area contributed by atoms with Crippen LogP contribution in [0.4, 0.5) is 0 Å². The SMILES string of the molecule is Cc1c(C(=O)[O-])c(C)c2c(C)c(C)c3c(C)c(C(=O)[O-])c(C)c4c(C)c(C)c1c2c43.Cc1c(C(=O)[O-])c(C)c2c3c1C(C)C(C)c1c(C)c(C(=O)[O-])c(C)c(c1-3)C(C)C2C.Cc1c(C)c(-c2c(C)c(C)c(-c3c(C)c(C)c(C(=O)[O-])c(C)c3C)c(C)c2C)c(C)c(C)c1C(=O)[O-].Cc1c(C)c(-c2c(C)c(C)c(C(=O)[O-])c(C)c2C)c(C)c(C)c1C(=O)[O-]. The molecule has 16 heteroatoms. The largest absolute Gasteiger partial charge is 0.545 e. The molecule has 4 unspecified atom stereocenters. The van der Waals surface area contributed by atoms with Crippen molar-refractivity contribution in [3.63, 3.8) is 0 Å². The highest BCUT2D eigenvalue weighted by molar-refractivity contribution is 6.31. The van der Waals surface area contributed by atoms with Crippen molar-refractivity contribution in [2.75, 3.05) is 0 Å². The fourth-order valence-electron chi connectivity index (χ4n) is 22.4. The summed E-state index contributed by atoms with van der Waals surface area (Å²) in [6.07, 6.45) is 0. The summed E-state index contributed by atoms with van der Waals surface area (Å²) in [5.74, 6) is -8.97. The second-order valence-corrected chi connectivity index (χ2v) is 35.4. The minimum Gasteiger partial charge on any atom is -0.545 e. The third-order valence-corrected chi connectivity index (χ3v) is 30.1. The van der Waals surface area contributed by atoms with E-state index in [4.69, 9.17) is 0 Å². The first kappa shape index (κ1) is 92.5. The average Bonchev–Trinajstić information content (AvgIpc) is 0.688. The van der Waals surface area contributed by atoms with Crippen molar-refractivity contribution in [1.82, 2.24) is 0 Å². The molecule has 0 heterocycles. The van der Waals surface area contributed by atoms with Crippen molar-refractivity contribution >= 4 is 80.1 Å². The molecule has 16 nitrogen and oxygen atoms in total. The molecule has 13 rings (SSSR count). The Morgan fingerprint density at radius 3 is 0.369 bits per heavy atom. The lowest BCUT2D eigenvalue weighted by Crippen LogP contribution is -2.32. The summed E-state index contributed by atoms with van der Waals surface area (Å²) in [4.78, 5) is 95.1. The molecule has 0 aliphatic heterocycles. The van der Waals surface area contributed by atoms with Crippen LogP contribution in [0.25, 0.3) is 76.8 Å². The van der Waals surface area contributed by atoms with E-state index in [-0.39, 0.29) is 57.1 Å². The number of hydrogen-bond donors (Lipinski definition) is 0. The molecule has 122 heavy (non-hydrogen) atoms. The molecule has 0 spiro atoms. The molecule has 0 amide bonds. The van der Waals surface area contributed by atoms with Gasteiger partial charge in [-0.1, -0.05) is 27.7 Å². The summed E-state index contributed by atoms with van der Waals surface area (Å²) < 4.78 is 0. The fraction of sp³-hybridized carbons (Fsp3) is 0.377. The predicted octanol–water partition coefficient (Wildman–Crippen LogP) is 15.5. The zero-order valence-electron chi connectivity index (χ0n) is 77.8. The van der Waals surface area contributed by atoms with Crippen LogP contribution in [0.1, 0.15) is 335 Å². The topological polar surface area (TPSA) is 321 Å². The zero-order valence-corrected chi connectivity index (χ0v) is 77.8. The lowest BCUT2D eigenvalue weighted by Gasteiger charge is -2.45. The van der Waals surface area contributed by atoms with Crippen molar-refractivity contribution in [3.8, 4) is 44.5 Å². The second-order valence-electron chi connectivity index (χ2n) is 35.4. The number of carbonyl (C=O) groups excluding carboxylic acids is 8. The fourth-order valence-corrected chi connectivity index (χ4v) is 22.4. The number of carbonyl (C=O) groups is 8. The first-order chi connectivity index (χ1) is 56.4. The van der Waals surface area contributed by atoms with Crippen LogP contribution in [-0.2, 0) is 0 Å². The summed E-state index contributed by atoms with van der Waals surface area (Å²) in [5, 5.41) is 101. The van der Waals surface area contributed by atoms with Crippen LogP contribution < -0.4 is 40.9 Å². The monoisotopic (exact) mass is 1640 g/mol. The van der Waals surface area contributed by atoms with Crippen molar-refractivity contribution in [2.24, 2.45) is 0 Å². The highest BCUT2D eigenvalue weighted by Crippen LogP contribution is 2.61. The van der Waals surface area contributed by atoms with Crippen molar-refractivity contribution in [3.05, 3.63) is 245 Å². The van der Waals surface area contributed by atoms with Crippen LogP contribution >= 0.6 is 0 Å². The molecule has 0 fully saturated rings. The maximum atomic E-state index is 12.1. The molecule has 0 saturated carbocycles. The van der Waals surface area contributed by atoms with E-state index in [9.17, 15) is 79.2 Å². The standard InChI is InChI=1S/C32H38O4.C26H30O4.C26H26O4.C22H26O4/c1-13-14(2)26(28-19(7)23(11)30(32(35)36)24(12)20(28)8)16(4)15(3)25(13)27-17(5)21(9)29(31(33)34)22(10)18(27)6;2*1-9-10(2)18-14(6)22(26(29)30)16(8)20-12(4)11(3)19-15(7)21(25(27)28)13(5)17(9)23(19)24(18)20;1-9-13(5)19(21(23)24)14(6)10(2)17(9)18-11(3)15(7)20(22(25)26)16(8)12(18)4/h1-12H3,(H,33,34)(H,35,36);9-12H,1-8H3,(H,27,28)(H,29,30);1-8H3,(H,27,28)(H,29,30);1-8H3,(H,23,24)(H,25,26)/p-8. The van der Waals surface area contributed by atoms with Gasteiger partial charge in [-0.05, 0) is 522 Å². The van der Waals surface area contributed by atoms with Gasteiger partial charge in [0.15, 0.2) is 0 Å². The maximum Gasteiger partial charge on any atom is 0.0721 e. The summed E-state index contributed by atoms with van der Waals surface area (Å²) in [6, 6.07) is 0. The van der Waals surface area contributed by atoms with Gasteiger partial charge in [0.25, 0.3) is 0 Å². The summed E-state index contributed by atoms with van der Waals surface area (Å²) in [6.45, 7) is 69.9. The normalized spacial score (nSPS) is 14.4. The van der Waals surface area contributed by atoms with Gasteiger partial charge in [-0.25, -0.2) is 0 Å². The van der Waals surface area contributed by atoms with Crippen molar-refractivity contribution in [1.29, 1.82) is 0 Å². The van der Waals surface area contributed by atoms with Gasteiger partial charge >= 0.3 is 0 Å². The number of carboxylic acids is 8. The number of hydrogen-bond acceptors (Lipinski definition) is 16. The van der Waals surface area contributed by atoms with Gasteiger partial charge in [0.2, 0.25) is 0 Å². The molecule has 11 aromatic carbocycles. The van der Waals surface area contributed by atoms with E-state index in [0.717, 1.165) is 233 Å². The molecular weight excluding hydrogens is 1530 g/mol. The van der Waals surface area contributed by atoms with Crippen molar-refractivity contribution < 1.29 is 79.2 Å². The smallest absolute Gasteiger partial charge is 0.0721 e. The number of carboxylic acid groups (broad SMARTS) is 8. The van der Waals surface area contributed by atoms with E-state index in [0.29, 0.717) is 55.6 Å². The minimum atomic E-state index is -1.18. The molecule has 0 saturated heterocycles. The van der Waals surface area contributed by atoms with E-state index in [1.54, 1.807) is 27.7 Å². The van der Waals surface area contributed by atoms with Gasteiger partial charge < -0.3 is 79.2 Å². The predicted molar refractivity (Wildman–Crippen MR) is 471 cm³/mol. The van der Waals surface area contributed by atoms with E-state index in [1.165, 1.54) is 0 Å². The molecule has 0 aromatic heterocycles. The van der Waals surface area contributed by atoms with Crippen LogP contribution in [0.5, 0.6) is 0 Å². The van der Waals surface area contributed by atoms with Crippen LogP contribution in [0.2, 0.25) is 0 Å². The Balaban J connectivity index is 0.000000172. The van der Waals surface area contributed by atoms with E-state index < -0.39 is 47.8 Å². The molecule has 2 aliphatic rings. The van der Waals surface area contributed by atoms with E-state index in [1.807, 2.05) is 166 Å². The molecule has 0 N–H and O–H groups in total. The lowest BCUT2D eigenvalue weighted by atomic mass is 9.59. The Bertz CT molecular complexity index is 5930. The van der Waals surface area contributed by atoms with E-state index >= 15 is 0 Å². The average molecular weight is 1640 g/mol. The molecular formula is C106H112O16-8. The second kappa shape index (κ2) is 32.6. The lowest BCUT2D eigenvalue weighted by molar-refractivity contribution is -0.256. The van der Waals surface area contributed by atoms with Gasteiger partial charge in [0, 0.05) is 44.5 Å². The summed E-state index contributed by atoms with van der Waals surface area (Å²) in [5.41, 5.74) is 42.4. The zero-order chi connectivity index (χ0) is 92.4. The third kappa shape index (κ3) is 13.4. The number of rotatable bonds is 11. The highest BCUT2D eigenvalue weighted by atomic mass is 16.4. The van der Waals surface area contributed by atoms with Crippen molar-refractivity contribution in [2.45, 2.75) is 273 Å². The Labute approximate surface area is 717 Å². The van der Waals surface area contributed by atoms with Gasteiger partial charge in [0.05, 0.1) is 47.8 Å². The van der Waals surface area contributed by atoms with Crippen LogP contribution in [0.15, 0.2) is 0 Å². The Hall–Kier alpha value is -11.8. The number of benzene rings is 11. The molecule has 2 aliphatic carbocycles. The molecule has 4 atom stereocenters. The molecule has 0 radical (unpaired) electrons. The Morgan fingerprint density at radius 1 is 0.139 bits per heavy atom. The van der Waals surface area contributed by atoms with Gasteiger partial charge in [-0.3, -0.25) is 0 Å². The Morgan fingerprint density at radius 2 is 0.246 bits per heavy atom. The molecule has 640 valence electrons. The van der Waals surface area contributed by atoms with Gasteiger partial charge in [-0.15, -0.1) is 0 Å². The quantitative estimate of drug-likeness (QED) is 0.109. The van der Waals surface area contributed by atoms with Crippen LogP contribution in [0.3, 0.4) is 0 Å².